The van der Waals surface area contributed by atoms with Gasteiger partial charge < -0.3 is 20.3 Å². The van der Waals surface area contributed by atoms with Gasteiger partial charge in [0.05, 0.1) is 26.4 Å². The maximum atomic E-state index is 17.2. The van der Waals surface area contributed by atoms with Gasteiger partial charge in [-0.15, -0.1) is 11.3 Å². The van der Waals surface area contributed by atoms with Crippen LogP contribution in [0, 0.1) is 28.9 Å². The molecule has 10 rings (SSSR count). The van der Waals surface area contributed by atoms with Gasteiger partial charge in [0, 0.05) is 55.0 Å². The molecular weight excluding hydrogens is 725 g/mol. The molecule has 6 aliphatic rings. The highest BCUT2D eigenvalue weighted by Gasteiger charge is 2.58. The maximum Gasteiger partial charge on any atom is 0.319 e. The predicted molar refractivity (Wildman–Crippen MR) is 197 cm³/mol. The molecule has 53 heavy (non-hydrogen) atoms. The molecule has 7 heterocycles. The first-order valence-corrected chi connectivity index (χ1v) is 19.7. The van der Waals surface area contributed by atoms with Gasteiger partial charge in [0.15, 0.2) is 5.82 Å². The molecule has 1 unspecified atom stereocenters. The molecule has 5 aliphatic heterocycles. The number of likely N-dealkylation sites (tertiary alicyclic amines) is 1. The molecule has 1 aliphatic carbocycles. The Morgan fingerprint density at radius 1 is 1.17 bits per heavy atom. The van der Waals surface area contributed by atoms with Crippen LogP contribution >= 0.6 is 22.9 Å². The lowest BCUT2D eigenvalue weighted by molar-refractivity contribution is -0.147. The summed E-state index contributed by atoms with van der Waals surface area (Å²) in [6, 6.07) is 6.40. The first-order valence-electron chi connectivity index (χ1n) is 18.5. The van der Waals surface area contributed by atoms with Crippen molar-refractivity contribution in [3.05, 3.63) is 40.4 Å². The second-order valence-corrected chi connectivity index (χ2v) is 17.3. The van der Waals surface area contributed by atoms with Crippen LogP contribution in [0.1, 0.15) is 56.9 Å². The van der Waals surface area contributed by atoms with Gasteiger partial charge in [-0.2, -0.15) is 15.2 Å². The van der Waals surface area contributed by atoms with Crippen LogP contribution in [0.15, 0.2) is 18.2 Å². The number of nitrogens with zero attached hydrogens (tertiary/aromatic N) is 6. The van der Waals surface area contributed by atoms with Crippen LogP contribution in [0.3, 0.4) is 0 Å². The number of hydrogen-bond donors (Lipinski definition) is 2. The highest BCUT2D eigenvalue weighted by atomic mass is 35.5. The van der Waals surface area contributed by atoms with Crippen LogP contribution in [0.4, 0.5) is 24.0 Å². The highest BCUT2D eigenvalue weighted by molar-refractivity contribution is 7.23. The monoisotopic (exact) mass is 762 g/mol. The molecule has 1 spiro atoms. The number of carbonyl (C=O) groups excluding carboxylic acids is 1. The number of amides is 1. The fraction of sp³-hybridized carbons (Fsp3) is 0.526. The van der Waals surface area contributed by atoms with Crippen molar-refractivity contribution in [2.75, 3.05) is 50.0 Å². The summed E-state index contributed by atoms with van der Waals surface area (Å²) in [5.74, 6) is -0.153. The maximum absolute atomic E-state index is 17.2. The van der Waals surface area contributed by atoms with Gasteiger partial charge in [-0.3, -0.25) is 15.0 Å². The highest BCUT2D eigenvalue weighted by Crippen LogP contribution is 2.48. The summed E-state index contributed by atoms with van der Waals surface area (Å²) in [4.78, 5) is 29.5. The minimum atomic E-state index is -0.950. The number of piperidine rings is 1. The average molecular weight is 763 g/mol. The molecule has 4 aromatic rings. The summed E-state index contributed by atoms with van der Waals surface area (Å²) in [7, 11) is 0. The van der Waals surface area contributed by atoms with Crippen LogP contribution in [0.5, 0.6) is 6.01 Å². The smallest absolute Gasteiger partial charge is 0.319 e. The van der Waals surface area contributed by atoms with E-state index in [2.05, 4.69) is 20.1 Å². The lowest BCUT2D eigenvalue weighted by Gasteiger charge is -2.57. The predicted octanol–water partition coefficient (Wildman–Crippen LogP) is 6.17. The number of ether oxygens (including phenoxy) is 1. The Bertz CT molecular complexity index is 2260. The molecule has 5 atom stereocenters. The number of hydrogen-bond acceptors (Lipinski definition) is 10. The topological polar surface area (TPSA) is 134 Å². The number of halogens is 4. The lowest BCUT2D eigenvalue weighted by Crippen LogP contribution is -2.69. The Balaban J connectivity index is 1.07. The zero-order valence-corrected chi connectivity index (χ0v) is 30.5. The van der Waals surface area contributed by atoms with Crippen molar-refractivity contribution in [1.82, 2.24) is 25.1 Å². The van der Waals surface area contributed by atoms with Gasteiger partial charge in [0.25, 0.3) is 0 Å². The van der Waals surface area contributed by atoms with Gasteiger partial charge in [-0.25, -0.2) is 13.2 Å². The number of benzene rings is 2. The molecule has 1 saturated carbocycles. The number of anilines is 2. The zero-order chi connectivity index (χ0) is 36.4. The first-order chi connectivity index (χ1) is 25.6. The Morgan fingerprint density at radius 2 is 2.00 bits per heavy atom. The number of thiophene rings is 1. The van der Waals surface area contributed by atoms with Gasteiger partial charge >= 0.3 is 6.01 Å². The normalized spacial score (nSPS) is 29.5. The van der Waals surface area contributed by atoms with Crippen molar-refractivity contribution < 1.29 is 22.7 Å². The van der Waals surface area contributed by atoms with Crippen LogP contribution in [-0.2, 0) is 4.79 Å². The van der Waals surface area contributed by atoms with Crippen LogP contribution in [-0.4, -0.2) is 94.3 Å². The quantitative estimate of drug-likeness (QED) is 0.212. The number of nitrogen functional groups attached to an aromatic ring is 1. The van der Waals surface area contributed by atoms with Gasteiger partial charge in [0.2, 0.25) is 5.91 Å². The van der Waals surface area contributed by atoms with Gasteiger partial charge in [-0.1, -0.05) is 17.7 Å². The van der Waals surface area contributed by atoms with Crippen molar-refractivity contribution in [2.24, 2.45) is 5.92 Å². The number of nitrogens with two attached hydrogens (primary N) is 1. The van der Waals surface area contributed by atoms with E-state index >= 15 is 8.78 Å². The van der Waals surface area contributed by atoms with E-state index in [1.54, 1.807) is 6.07 Å². The Morgan fingerprint density at radius 3 is 2.77 bits per heavy atom. The Labute approximate surface area is 313 Å². The molecule has 15 heteroatoms. The fourth-order valence-corrected chi connectivity index (χ4v) is 11.1. The third-order valence-electron chi connectivity index (χ3n) is 12.8. The van der Waals surface area contributed by atoms with E-state index in [1.807, 2.05) is 11.0 Å². The van der Waals surface area contributed by atoms with E-state index in [9.17, 15) is 14.4 Å². The van der Waals surface area contributed by atoms with Crippen LogP contribution in [0.2, 0.25) is 5.02 Å². The van der Waals surface area contributed by atoms with Crippen molar-refractivity contribution in [3.8, 4) is 23.2 Å². The number of alkyl halides is 1. The van der Waals surface area contributed by atoms with Crippen molar-refractivity contribution in [3.63, 3.8) is 0 Å². The van der Waals surface area contributed by atoms with Gasteiger partial charge in [-0.05, 0) is 75.1 Å². The number of aromatic nitrogens is 2. The summed E-state index contributed by atoms with van der Waals surface area (Å²) in [5.41, 5.74) is 5.44. The number of nitrogens with one attached hydrogen (secondary N) is 1. The van der Waals surface area contributed by atoms with E-state index in [1.165, 1.54) is 25.0 Å². The summed E-state index contributed by atoms with van der Waals surface area (Å²) in [6.45, 7) is 3.12. The standard InChI is InChI=1S/C38H38ClF3N8O2S/c39-24-13-22-30(28(42)27(24)21-5-6-25(41)32-26(21)23(15-43)33(44)53-32)46-36(52-18-38-8-2-11-49(38)16-20(40)14-38)47-34(22)48-10-1-7-37(17-48)9-12-50(37)35(51)31-29(45-31)19-3-4-19/h5-6,13,19-20,29,31,45H,1-4,7-12,14,16-18,44H2/t20-,29+,31-,37?,38+/m1/s1. The minimum absolute atomic E-state index is 0.0358. The molecule has 1 amide bonds. The van der Waals surface area contributed by atoms with Crippen LogP contribution < -0.4 is 20.7 Å². The summed E-state index contributed by atoms with van der Waals surface area (Å²) >= 11 is 7.87. The van der Waals surface area contributed by atoms with Crippen LogP contribution in [0.25, 0.3) is 32.1 Å². The molecule has 6 fully saturated rings. The molecule has 5 saturated heterocycles. The zero-order valence-electron chi connectivity index (χ0n) is 28.9. The largest absolute Gasteiger partial charge is 0.461 e. The van der Waals surface area contributed by atoms with E-state index in [0.29, 0.717) is 49.7 Å². The average Bonchev–Trinajstić information content (AvgIpc) is 4.03. The van der Waals surface area contributed by atoms with Crippen molar-refractivity contribution in [2.45, 2.75) is 80.7 Å². The van der Waals surface area contributed by atoms with Gasteiger partial charge in [0.1, 0.15) is 47.0 Å². The number of fused-ring (bicyclic) bond motifs is 3. The Kier molecular flexibility index (Phi) is 7.65. The minimum Gasteiger partial charge on any atom is -0.461 e. The molecule has 2 aromatic heterocycles. The molecule has 3 N–H and O–H groups in total. The van der Waals surface area contributed by atoms with Crippen molar-refractivity contribution in [1.29, 1.82) is 5.26 Å². The fourth-order valence-electron chi connectivity index (χ4n) is 9.88. The Hall–Kier alpha value is -3.90. The van der Waals surface area contributed by atoms with E-state index < -0.39 is 23.3 Å². The second kappa shape index (κ2) is 12.1. The first kappa shape index (κ1) is 33.7. The number of nitriles is 1. The third kappa shape index (κ3) is 5.21. The summed E-state index contributed by atoms with van der Waals surface area (Å²) < 4.78 is 53.4. The lowest BCUT2D eigenvalue weighted by atomic mass is 9.77. The third-order valence-corrected chi connectivity index (χ3v) is 14.1. The van der Waals surface area contributed by atoms with E-state index in [-0.39, 0.29) is 78.5 Å². The molecule has 0 bridgehead atoms. The summed E-state index contributed by atoms with van der Waals surface area (Å²) in [6.07, 6.45) is 5.97. The molecular formula is C38H38ClF3N8O2S. The number of carbonyl (C=O) groups is 1. The van der Waals surface area contributed by atoms with Crippen molar-refractivity contribution >= 4 is 60.7 Å². The molecule has 2 aromatic carbocycles. The number of rotatable bonds is 7. The molecule has 0 radical (unpaired) electrons. The molecule has 10 nitrogen and oxygen atoms in total. The summed E-state index contributed by atoms with van der Waals surface area (Å²) in [5, 5.41) is 14.1. The molecule has 276 valence electrons. The SMILES string of the molecule is N#Cc1c(N)sc2c(F)ccc(-c3c(Cl)cc4c(N5CCCC6(CCN6C(=O)[C@@H]6N[C@H]6C6CC6)C5)nc(OC[C@@]56CCCN5C[C@H](F)C6)nc4c3F)c12. The van der Waals surface area contributed by atoms with E-state index in [4.69, 9.17) is 27.1 Å². The van der Waals surface area contributed by atoms with E-state index in [0.717, 1.165) is 50.0 Å². The second-order valence-electron chi connectivity index (χ2n) is 15.9.